The molecule has 1 aromatic carbocycles. The van der Waals surface area contributed by atoms with Crippen LogP contribution in [0.5, 0.6) is 5.75 Å². The molecule has 2 aliphatic rings. The number of ether oxygens (including phenoxy) is 1. The molecule has 3 rings (SSSR count). The maximum Gasteiger partial charge on any atom is 0.169 e. The van der Waals surface area contributed by atoms with Gasteiger partial charge in [0.05, 0.1) is 30.7 Å². The van der Waals surface area contributed by atoms with E-state index in [4.69, 9.17) is 17.0 Å². The van der Waals surface area contributed by atoms with Gasteiger partial charge in [-0.05, 0) is 29.9 Å². The third-order valence-corrected chi connectivity index (χ3v) is 5.85. The van der Waals surface area contributed by atoms with Crippen molar-refractivity contribution in [3.8, 4) is 5.75 Å². The quantitative estimate of drug-likeness (QED) is 0.823. The van der Waals surface area contributed by atoms with E-state index in [1.807, 2.05) is 29.2 Å². The second-order valence-electron chi connectivity index (χ2n) is 5.18. The lowest BCUT2D eigenvalue weighted by Crippen LogP contribution is -2.36. The molecule has 2 atom stereocenters. The van der Waals surface area contributed by atoms with Gasteiger partial charge in [0.2, 0.25) is 0 Å². The van der Waals surface area contributed by atoms with Crippen LogP contribution in [0.15, 0.2) is 24.3 Å². The molecule has 1 N–H and O–H groups in total. The molecule has 5 nitrogen and oxygen atoms in total. The van der Waals surface area contributed by atoms with Gasteiger partial charge in [-0.15, -0.1) is 0 Å². The number of nitrogens with zero attached hydrogens (tertiary/aromatic N) is 1. The van der Waals surface area contributed by atoms with E-state index in [-0.39, 0.29) is 23.6 Å². The molecule has 7 heteroatoms. The molecule has 1 aromatic rings. The number of benzene rings is 1. The van der Waals surface area contributed by atoms with E-state index in [9.17, 15) is 8.42 Å². The van der Waals surface area contributed by atoms with Crippen molar-refractivity contribution in [1.82, 2.24) is 10.2 Å². The standard InChI is InChI=1S/C13H16N2O3S2/c1-18-10-4-2-3-9(5-10)6-15-12-8-20(16,17)7-11(12)14-13(15)19/h2-5,11-12H,6-8H2,1H3,(H,14,19)/t11-,12-/m1/s1. The Hall–Kier alpha value is -1.34. The highest BCUT2D eigenvalue weighted by atomic mass is 32.2. The number of rotatable bonds is 3. The van der Waals surface area contributed by atoms with E-state index in [1.54, 1.807) is 7.11 Å². The van der Waals surface area contributed by atoms with Gasteiger partial charge in [0.15, 0.2) is 14.9 Å². The highest BCUT2D eigenvalue weighted by Crippen LogP contribution is 2.26. The van der Waals surface area contributed by atoms with E-state index in [0.29, 0.717) is 11.7 Å². The monoisotopic (exact) mass is 312 g/mol. The summed E-state index contributed by atoms with van der Waals surface area (Å²) in [6.45, 7) is 0.597. The molecule has 0 saturated carbocycles. The van der Waals surface area contributed by atoms with Crippen molar-refractivity contribution in [3.63, 3.8) is 0 Å². The smallest absolute Gasteiger partial charge is 0.169 e. The third kappa shape index (κ3) is 2.47. The topological polar surface area (TPSA) is 58.6 Å². The summed E-state index contributed by atoms with van der Waals surface area (Å²) in [6.07, 6.45) is 0. The average Bonchev–Trinajstić information content (AvgIpc) is 2.83. The molecule has 0 amide bonds. The third-order valence-electron chi connectivity index (χ3n) is 3.78. The predicted molar refractivity (Wildman–Crippen MR) is 80.5 cm³/mol. The fraction of sp³-hybridized carbons (Fsp3) is 0.462. The van der Waals surface area contributed by atoms with Crippen LogP contribution in [0.3, 0.4) is 0 Å². The van der Waals surface area contributed by atoms with Gasteiger partial charge in [-0.2, -0.15) is 0 Å². The molecule has 0 aromatic heterocycles. The molecule has 0 unspecified atom stereocenters. The fourth-order valence-electron chi connectivity index (χ4n) is 2.82. The molecular formula is C13H16N2O3S2. The van der Waals surface area contributed by atoms with Crippen LogP contribution in [0.4, 0.5) is 0 Å². The molecule has 108 valence electrons. The van der Waals surface area contributed by atoms with Crippen molar-refractivity contribution >= 4 is 27.2 Å². The average molecular weight is 312 g/mol. The summed E-state index contributed by atoms with van der Waals surface area (Å²) in [5, 5.41) is 3.75. The lowest BCUT2D eigenvalue weighted by molar-refractivity contribution is 0.347. The summed E-state index contributed by atoms with van der Waals surface area (Å²) >= 11 is 5.32. The van der Waals surface area contributed by atoms with Gasteiger partial charge in [0, 0.05) is 6.54 Å². The summed E-state index contributed by atoms with van der Waals surface area (Å²) in [7, 11) is -1.33. The first-order valence-corrected chi connectivity index (χ1v) is 8.62. The van der Waals surface area contributed by atoms with Crippen molar-refractivity contribution in [2.45, 2.75) is 18.6 Å². The molecule has 0 radical (unpaired) electrons. The molecule has 2 heterocycles. The predicted octanol–water partition coefficient (Wildman–Crippen LogP) is 0.551. The number of hydrogen-bond donors (Lipinski definition) is 1. The van der Waals surface area contributed by atoms with Crippen molar-refractivity contribution in [3.05, 3.63) is 29.8 Å². The second-order valence-corrected chi connectivity index (χ2v) is 7.72. The van der Waals surface area contributed by atoms with Crippen molar-refractivity contribution < 1.29 is 13.2 Å². The Morgan fingerprint density at radius 3 is 3.00 bits per heavy atom. The van der Waals surface area contributed by atoms with E-state index >= 15 is 0 Å². The van der Waals surface area contributed by atoms with E-state index < -0.39 is 9.84 Å². The van der Waals surface area contributed by atoms with Crippen LogP contribution in [0, 0.1) is 0 Å². The van der Waals surface area contributed by atoms with Gasteiger partial charge < -0.3 is 15.0 Å². The Bertz CT molecular complexity index is 645. The Morgan fingerprint density at radius 1 is 1.45 bits per heavy atom. The first-order valence-electron chi connectivity index (χ1n) is 6.39. The van der Waals surface area contributed by atoms with Crippen LogP contribution in [-0.4, -0.2) is 49.1 Å². The van der Waals surface area contributed by atoms with Crippen LogP contribution in [-0.2, 0) is 16.4 Å². The van der Waals surface area contributed by atoms with Gasteiger partial charge in [-0.1, -0.05) is 12.1 Å². The van der Waals surface area contributed by atoms with Crippen molar-refractivity contribution in [1.29, 1.82) is 0 Å². The Labute approximate surface area is 123 Å². The molecule has 2 saturated heterocycles. The van der Waals surface area contributed by atoms with E-state index in [0.717, 1.165) is 11.3 Å². The molecule has 2 fully saturated rings. The summed E-state index contributed by atoms with van der Waals surface area (Å²) in [6, 6.07) is 7.61. The van der Waals surface area contributed by atoms with E-state index in [2.05, 4.69) is 5.32 Å². The van der Waals surface area contributed by atoms with Crippen LogP contribution < -0.4 is 10.1 Å². The minimum Gasteiger partial charge on any atom is -0.497 e. The zero-order valence-corrected chi connectivity index (χ0v) is 12.7. The highest BCUT2D eigenvalue weighted by Gasteiger charge is 2.46. The van der Waals surface area contributed by atoms with Crippen molar-refractivity contribution in [2.75, 3.05) is 18.6 Å². The summed E-state index contributed by atoms with van der Waals surface area (Å²) in [5.41, 5.74) is 1.05. The largest absolute Gasteiger partial charge is 0.497 e. The molecule has 20 heavy (non-hydrogen) atoms. The van der Waals surface area contributed by atoms with Gasteiger partial charge in [-0.3, -0.25) is 0 Å². The number of sulfone groups is 1. The second kappa shape index (κ2) is 4.89. The number of hydrogen-bond acceptors (Lipinski definition) is 4. The molecule has 0 bridgehead atoms. The fourth-order valence-corrected chi connectivity index (χ4v) is 5.10. The number of nitrogens with one attached hydrogen (secondary N) is 1. The first-order chi connectivity index (χ1) is 9.48. The molecule has 2 aliphatic heterocycles. The first kappa shape index (κ1) is 13.6. The molecular weight excluding hydrogens is 296 g/mol. The zero-order valence-electron chi connectivity index (χ0n) is 11.1. The number of thiocarbonyl (C=S) groups is 1. The molecule has 0 aliphatic carbocycles. The SMILES string of the molecule is COc1cccc(CN2C(=S)N[C@@H]3CS(=O)(=O)C[C@H]32)c1. The van der Waals surface area contributed by atoms with Gasteiger partial charge in [0.25, 0.3) is 0 Å². The minimum atomic E-state index is -2.96. The lowest BCUT2D eigenvalue weighted by atomic mass is 10.1. The van der Waals surface area contributed by atoms with Crippen LogP contribution in [0.1, 0.15) is 5.56 Å². The summed E-state index contributed by atoms with van der Waals surface area (Å²) < 4.78 is 28.6. The highest BCUT2D eigenvalue weighted by molar-refractivity contribution is 7.91. The Balaban J connectivity index is 1.81. The molecule has 0 spiro atoms. The summed E-state index contributed by atoms with van der Waals surface area (Å²) in [4.78, 5) is 1.97. The van der Waals surface area contributed by atoms with Crippen LogP contribution >= 0.6 is 12.2 Å². The maximum atomic E-state index is 11.7. The number of methoxy groups -OCH3 is 1. The van der Waals surface area contributed by atoms with Crippen LogP contribution in [0.2, 0.25) is 0 Å². The number of fused-ring (bicyclic) bond motifs is 1. The Morgan fingerprint density at radius 2 is 2.25 bits per heavy atom. The van der Waals surface area contributed by atoms with Gasteiger partial charge >= 0.3 is 0 Å². The summed E-state index contributed by atoms with van der Waals surface area (Å²) in [5.74, 6) is 1.14. The Kier molecular flexibility index (Phi) is 3.33. The zero-order chi connectivity index (χ0) is 14.3. The normalized spacial score (nSPS) is 27.2. The maximum absolute atomic E-state index is 11.7. The minimum absolute atomic E-state index is 0.0568. The lowest BCUT2D eigenvalue weighted by Gasteiger charge is -2.23. The van der Waals surface area contributed by atoms with Gasteiger partial charge in [-0.25, -0.2) is 8.42 Å². The van der Waals surface area contributed by atoms with Crippen LogP contribution in [0.25, 0.3) is 0 Å². The van der Waals surface area contributed by atoms with E-state index in [1.165, 1.54) is 0 Å². The van der Waals surface area contributed by atoms with Gasteiger partial charge in [0.1, 0.15) is 5.75 Å². The van der Waals surface area contributed by atoms with Crippen molar-refractivity contribution in [2.24, 2.45) is 0 Å².